The van der Waals surface area contributed by atoms with Gasteiger partial charge in [0.2, 0.25) is 0 Å². The van der Waals surface area contributed by atoms with Crippen molar-refractivity contribution < 1.29 is 4.74 Å². The van der Waals surface area contributed by atoms with E-state index in [0.29, 0.717) is 0 Å². The van der Waals surface area contributed by atoms with Gasteiger partial charge < -0.3 is 4.74 Å². The molecule has 1 fully saturated rings. The van der Waals surface area contributed by atoms with Gasteiger partial charge in [0.25, 0.3) is 0 Å². The number of hydrogen-bond acceptors (Lipinski definition) is 4. The van der Waals surface area contributed by atoms with Crippen LogP contribution in [0.15, 0.2) is 30.5 Å². The lowest BCUT2D eigenvalue weighted by molar-refractivity contribution is 0.142. The van der Waals surface area contributed by atoms with Gasteiger partial charge in [-0.15, -0.1) is 16.9 Å². The van der Waals surface area contributed by atoms with Gasteiger partial charge in [-0.2, -0.15) is 0 Å². The molecular weight excluding hydrogens is 246 g/mol. The predicted octanol–water partition coefficient (Wildman–Crippen LogP) is 2.40. The number of hydrogen-bond donors (Lipinski definition) is 0. The van der Waals surface area contributed by atoms with Crippen molar-refractivity contribution in [1.82, 2.24) is 15.0 Å². The summed E-state index contributed by atoms with van der Waals surface area (Å²) in [6.07, 6.45) is 1.98. The Morgan fingerprint density at radius 1 is 1.44 bits per heavy atom. The van der Waals surface area contributed by atoms with Gasteiger partial charge in [-0.05, 0) is 18.1 Å². The molecule has 94 valence electrons. The van der Waals surface area contributed by atoms with Crippen molar-refractivity contribution in [2.24, 2.45) is 0 Å². The summed E-state index contributed by atoms with van der Waals surface area (Å²) in [6, 6.07) is 8.34. The van der Waals surface area contributed by atoms with Crippen LogP contribution in [-0.4, -0.2) is 27.4 Å². The molecule has 0 N–H and O–H groups in total. The normalized spacial score (nSPS) is 19.3. The van der Waals surface area contributed by atoms with Crippen molar-refractivity contribution in [3.05, 3.63) is 47.3 Å². The van der Waals surface area contributed by atoms with Gasteiger partial charge in [0.15, 0.2) is 0 Å². The van der Waals surface area contributed by atoms with Crippen LogP contribution in [0.2, 0.25) is 0 Å². The first-order valence-electron chi connectivity index (χ1n) is 6.01. The van der Waals surface area contributed by atoms with E-state index in [0.717, 1.165) is 24.6 Å². The average molecular weight is 261 g/mol. The Hall–Kier alpha value is -1.33. The SMILES string of the molecule is Cc1ccccc1Cn1cc([C@@H]2OCCS2)nn1. The lowest BCUT2D eigenvalue weighted by Gasteiger charge is -2.05. The summed E-state index contributed by atoms with van der Waals surface area (Å²) >= 11 is 1.78. The van der Waals surface area contributed by atoms with Crippen LogP contribution in [0.4, 0.5) is 0 Å². The highest BCUT2D eigenvalue weighted by molar-refractivity contribution is 7.99. The van der Waals surface area contributed by atoms with Crippen molar-refractivity contribution in [2.75, 3.05) is 12.4 Å². The maximum atomic E-state index is 5.57. The molecule has 1 aliphatic rings. The molecule has 2 heterocycles. The monoisotopic (exact) mass is 261 g/mol. The minimum absolute atomic E-state index is 0.0654. The summed E-state index contributed by atoms with van der Waals surface area (Å²) in [5.41, 5.74) is 3.54. The molecule has 0 bridgehead atoms. The van der Waals surface area contributed by atoms with Crippen molar-refractivity contribution in [3.63, 3.8) is 0 Å². The molecule has 4 nitrogen and oxygen atoms in total. The van der Waals surface area contributed by atoms with Crippen molar-refractivity contribution in [3.8, 4) is 0 Å². The second-order valence-electron chi connectivity index (χ2n) is 4.34. The zero-order valence-corrected chi connectivity index (χ0v) is 11.1. The van der Waals surface area contributed by atoms with E-state index in [1.54, 1.807) is 11.8 Å². The molecule has 0 unspecified atom stereocenters. The van der Waals surface area contributed by atoms with Gasteiger partial charge in [-0.25, -0.2) is 4.68 Å². The summed E-state index contributed by atoms with van der Waals surface area (Å²) in [5, 5.41) is 8.36. The van der Waals surface area contributed by atoms with Crippen LogP contribution >= 0.6 is 11.8 Å². The highest BCUT2D eigenvalue weighted by atomic mass is 32.2. The number of thioether (sulfide) groups is 1. The van der Waals surface area contributed by atoms with Crippen molar-refractivity contribution in [2.45, 2.75) is 18.9 Å². The van der Waals surface area contributed by atoms with Crippen LogP contribution in [0, 0.1) is 6.92 Å². The first-order valence-corrected chi connectivity index (χ1v) is 7.05. The van der Waals surface area contributed by atoms with Gasteiger partial charge in [0.1, 0.15) is 11.1 Å². The Balaban J connectivity index is 1.75. The third-order valence-electron chi connectivity index (χ3n) is 3.01. The van der Waals surface area contributed by atoms with Gasteiger partial charge in [-0.1, -0.05) is 29.5 Å². The maximum Gasteiger partial charge on any atom is 0.148 e. The minimum atomic E-state index is 0.0654. The number of nitrogens with zero attached hydrogens (tertiary/aromatic N) is 3. The summed E-state index contributed by atoms with van der Waals surface area (Å²) < 4.78 is 7.45. The van der Waals surface area contributed by atoms with E-state index >= 15 is 0 Å². The van der Waals surface area contributed by atoms with E-state index in [4.69, 9.17) is 4.74 Å². The van der Waals surface area contributed by atoms with Gasteiger partial charge >= 0.3 is 0 Å². The van der Waals surface area contributed by atoms with Crippen LogP contribution in [0.3, 0.4) is 0 Å². The van der Waals surface area contributed by atoms with E-state index in [9.17, 15) is 0 Å². The zero-order chi connectivity index (χ0) is 12.4. The number of ether oxygens (including phenoxy) is 1. The molecule has 3 rings (SSSR count). The predicted molar refractivity (Wildman–Crippen MR) is 71.5 cm³/mol. The summed E-state index contributed by atoms with van der Waals surface area (Å²) in [7, 11) is 0. The zero-order valence-electron chi connectivity index (χ0n) is 10.2. The molecule has 0 amide bonds. The van der Waals surface area contributed by atoms with Crippen LogP contribution in [-0.2, 0) is 11.3 Å². The first-order chi connectivity index (χ1) is 8.83. The highest BCUT2D eigenvalue weighted by Crippen LogP contribution is 2.33. The standard InChI is InChI=1S/C13H15N3OS/c1-10-4-2-3-5-11(10)8-16-9-12(14-15-16)13-17-6-7-18-13/h2-5,9,13H,6-8H2,1H3/t13-/m1/s1. The van der Waals surface area contributed by atoms with E-state index in [-0.39, 0.29) is 5.44 Å². The van der Waals surface area contributed by atoms with E-state index < -0.39 is 0 Å². The van der Waals surface area contributed by atoms with Crippen LogP contribution in [0.25, 0.3) is 0 Å². The van der Waals surface area contributed by atoms with Gasteiger partial charge in [0, 0.05) is 5.75 Å². The van der Waals surface area contributed by atoms with Gasteiger partial charge in [-0.3, -0.25) is 0 Å². The fourth-order valence-corrected chi connectivity index (χ4v) is 2.87. The Morgan fingerprint density at radius 3 is 3.11 bits per heavy atom. The molecule has 1 atom stereocenters. The van der Waals surface area contributed by atoms with E-state index in [1.807, 2.05) is 10.9 Å². The van der Waals surface area contributed by atoms with Crippen molar-refractivity contribution >= 4 is 11.8 Å². The average Bonchev–Trinajstić information content (AvgIpc) is 3.02. The lowest BCUT2D eigenvalue weighted by Crippen LogP contribution is -2.02. The molecule has 1 aliphatic heterocycles. The Kier molecular flexibility index (Phi) is 3.34. The highest BCUT2D eigenvalue weighted by Gasteiger charge is 2.21. The van der Waals surface area contributed by atoms with E-state index in [1.165, 1.54) is 11.1 Å². The Labute approximate surface area is 110 Å². The molecular formula is C13H15N3OS. The molecule has 0 radical (unpaired) electrons. The van der Waals surface area contributed by atoms with Gasteiger partial charge in [0.05, 0.1) is 19.3 Å². The molecule has 1 aromatic heterocycles. The largest absolute Gasteiger partial charge is 0.360 e. The van der Waals surface area contributed by atoms with Crippen LogP contribution in [0.1, 0.15) is 22.3 Å². The van der Waals surface area contributed by atoms with Crippen LogP contribution < -0.4 is 0 Å². The Bertz CT molecular complexity index is 535. The molecule has 2 aromatic rings. The minimum Gasteiger partial charge on any atom is -0.360 e. The molecule has 0 saturated carbocycles. The van der Waals surface area contributed by atoms with E-state index in [2.05, 4.69) is 41.5 Å². The summed E-state index contributed by atoms with van der Waals surface area (Å²) in [4.78, 5) is 0. The third kappa shape index (κ3) is 2.42. The quantitative estimate of drug-likeness (QED) is 0.850. The Morgan fingerprint density at radius 2 is 2.33 bits per heavy atom. The molecule has 0 spiro atoms. The fraction of sp³-hybridized carbons (Fsp3) is 0.385. The van der Waals surface area contributed by atoms with Crippen molar-refractivity contribution in [1.29, 1.82) is 0 Å². The summed E-state index contributed by atoms with van der Waals surface area (Å²) in [5.74, 6) is 1.04. The third-order valence-corrected chi connectivity index (χ3v) is 4.10. The number of rotatable bonds is 3. The number of aryl methyl sites for hydroxylation is 1. The van der Waals surface area contributed by atoms with Crippen LogP contribution in [0.5, 0.6) is 0 Å². The molecule has 5 heteroatoms. The summed E-state index contributed by atoms with van der Waals surface area (Å²) in [6.45, 7) is 3.68. The maximum absolute atomic E-state index is 5.57. The smallest absolute Gasteiger partial charge is 0.148 e. The first kappa shape index (κ1) is 11.7. The molecule has 18 heavy (non-hydrogen) atoms. The molecule has 1 saturated heterocycles. The second kappa shape index (κ2) is 5.12. The number of benzene rings is 1. The fourth-order valence-electron chi connectivity index (χ4n) is 1.99. The number of aromatic nitrogens is 3. The topological polar surface area (TPSA) is 39.9 Å². The molecule has 1 aromatic carbocycles. The lowest BCUT2D eigenvalue weighted by atomic mass is 10.1. The second-order valence-corrected chi connectivity index (χ2v) is 5.51. The molecule has 0 aliphatic carbocycles.